The first kappa shape index (κ1) is 14.2. The van der Waals surface area contributed by atoms with Crippen LogP contribution in [-0.4, -0.2) is 16.9 Å². The average molecular weight is 278 g/mol. The zero-order valence-corrected chi connectivity index (χ0v) is 11.3. The molecule has 0 unspecified atom stereocenters. The van der Waals surface area contributed by atoms with E-state index in [1.807, 2.05) is 24.0 Å². The maximum atomic E-state index is 13.9. The smallest absolute Gasteiger partial charge is 0.305 e. The summed E-state index contributed by atoms with van der Waals surface area (Å²) in [5, 5.41) is 10.7. The summed E-state index contributed by atoms with van der Waals surface area (Å²) in [7, 11) is 1.80. The molecule has 6 heteroatoms. The number of nitrogens with zero attached hydrogens (tertiary/aromatic N) is 2. The maximum Gasteiger partial charge on any atom is 0.305 e. The van der Waals surface area contributed by atoms with Crippen molar-refractivity contribution in [2.75, 3.05) is 7.05 Å². The molecule has 0 amide bonds. The van der Waals surface area contributed by atoms with E-state index in [0.717, 1.165) is 17.6 Å². The fourth-order valence-corrected chi connectivity index (χ4v) is 2.01. The Balaban J connectivity index is 2.09. The van der Waals surface area contributed by atoms with Crippen LogP contribution in [0.4, 0.5) is 10.1 Å². The highest BCUT2D eigenvalue weighted by atomic mass is 19.1. The molecule has 2 aromatic rings. The molecule has 0 spiro atoms. The Hall–Kier alpha value is -2.21. The normalized spacial score (nSPS) is 11.0. The van der Waals surface area contributed by atoms with Gasteiger partial charge in [0.05, 0.1) is 11.5 Å². The fraction of sp³-hybridized carbons (Fsp3) is 0.286. The molecular formula is C14H15FN2O3. The average Bonchev–Trinajstić information content (AvgIpc) is 2.77. The van der Waals surface area contributed by atoms with Crippen LogP contribution in [0.3, 0.4) is 0 Å². The molecule has 0 fully saturated rings. The summed E-state index contributed by atoms with van der Waals surface area (Å²) in [6, 6.07) is 7.91. The Bertz CT molecular complexity index is 625. The van der Waals surface area contributed by atoms with E-state index in [9.17, 15) is 14.5 Å². The molecule has 0 aliphatic heterocycles. The second kappa shape index (κ2) is 5.83. The quantitative estimate of drug-likeness (QED) is 0.622. The number of rotatable bonds is 5. The fourth-order valence-electron chi connectivity index (χ4n) is 2.01. The molecule has 0 aliphatic carbocycles. The summed E-state index contributed by atoms with van der Waals surface area (Å²) < 4.78 is 19.4. The van der Waals surface area contributed by atoms with Gasteiger partial charge in [0.2, 0.25) is 5.82 Å². The standard InChI is InChI=1S/C14H15FN2O3/c1-10-6-7-12(20-10)9-16(2)8-11-4-3-5-13(14(11)15)17(18)19/h3-7H,8-9H2,1-2H3. The number of furan rings is 1. The first-order valence-corrected chi connectivity index (χ1v) is 6.13. The van der Waals surface area contributed by atoms with Crippen LogP contribution in [0.5, 0.6) is 0 Å². The minimum Gasteiger partial charge on any atom is -0.465 e. The molecule has 1 aromatic heterocycles. The monoisotopic (exact) mass is 278 g/mol. The van der Waals surface area contributed by atoms with E-state index in [4.69, 9.17) is 4.42 Å². The third kappa shape index (κ3) is 3.21. The molecular weight excluding hydrogens is 263 g/mol. The van der Waals surface area contributed by atoms with Gasteiger partial charge >= 0.3 is 5.69 Å². The van der Waals surface area contributed by atoms with Gasteiger partial charge in [0.1, 0.15) is 11.5 Å². The van der Waals surface area contributed by atoms with E-state index in [1.165, 1.54) is 6.07 Å². The molecule has 0 bridgehead atoms. The van der Waals surface area contributed by atoms with Gasteiger partial charge in [-0.2, -0.15) is 4.39 Å². The highest BCUT2D eigenvalue weighted by Gasteiger charge is 2.18. The van der Waals surface area contributed by atoms with Crippen molar-refractivity contribution in [2.45, 2.75) is 20.0 Å². The first-order valence-electron chi connectivity index (χ1n) is 6.13. The van der Waals surface area contributed by atoms with Crippen molar-refractivity contribution in [3.63, 3.8) is 0 Å². The zero-order valence-electron chi connectivity index (χ0n) is 11.3. The third-order valence-corrected chi connectivity index (χ3v) is 2.92. The van der Waals surface area contributed by atoms with Crippen molar-refractivity contribution in [3.05, 3.63) is 63.3 Å². The van der Waals surface area contributed by atoms with Crippen LogP contribution in [0.2, 0.25) is 0 Å². The maximum absolute atomic E-state index is 13.9. The summed E-state index contributed by atoms with van der Waals surface area (Å²) in [5.74, 6) is 0.811. The van der Waals surface area contributed by atoms with Gasteiger partial charge in [0.25, 0.3) is 0 Å². The van der Waals surface area contributed by atoms with Gasteiger partial charge in [0.15, 0.2) is 0 Å². The first-order chi connectivity index (χ1) is 9.47. The number of nitro groups is 1. The Morgan fingerprint density at radius 3 is 2.65 bits per heavy atom. The summed E-state index contributed by atoms with van der Waals surface area (Å²) in [6.07, 6.45) is 0. The molecule has 0 saturated carbocycles. The lowest BCUT2D eigenvalue weighted by Crippen LogP contribution is -2.18. The molecule has 0 atom stereocenters. The van der Waals surface area contributed by atoms with Gasteiger partial charge < -0.3 is 4.42 Å². The number of nitro benzene ring substituents is 1. The van der Waals surface area contributed by atoms with E-state index >= 15 is 0 Å². The molecule has 1 heterocycles. The van der Waals surface area contributed by atoms with Crippen molar-refractivity contribution in [1.82, 2.24) is 4.90 Å². The lowest BCUT2D eigenvalue weighted by molar-refractivity contribution is -0.387. The molecule has 0 saturated heterocycles. The van der Waals surface area contributed by atoms with Gasteiger partial charge in [0, 0.05) is 18.2 Å². The predicted octanol–water partition coefficient (Wildman–Crippen LogP) is 3.27. The second-order valence-corrected chi connectivity index (χ2v) is 4.69. The van der Waals surface area contributed by atoms with Gasteiger partial charge in [-0.3, -0.25) is 15.0 Å². The number of hydrogen-bond acceptors (Lipinski definition) is 4. The van der Waals surface area contributed by atoms with E-state index in [2.05, 4.69) is 0 Å². The summed E-state index contributed by atoms with van der Waals surface area (Å²) in [4.78, 5) is 11.8. The predicted molar refractivity (Wildman–Crippen MR) is 71.7 cm³/mol. The highest BCUT2D eigenvalue weighted by Crippen LogP contribution is 2.21. The zero-order chi connectivity index (χ0) is 14.7. The molecule has 106 valence electrons. The van der Waals surface area contributed by atoms with Crippen molar-refractivity contribution in [2.24, 2.45) is 0 Å². The summed E-state index contributed by atoms with van der Waals surface area (Å²) in [5.41, 5.74) is -0.199. The Morgan fingerprint density at radius 1 is 1.30 bits per heavy atom. The largest absolute Gasteiger partial charge is 0.465 e. The van der Waals surface area contributed by atoms with Crippen LogP contribution in [0.25, 0.3) is 0 Å². The SMILES string of the molecule is Cc1ccc(CN(C)Cc2cccc([N+](=O)[O-])c2F)o1. The van der Waals surface area contributed by atoms with Gasteiger partial charge in [-0.1, -0.05) is 12.1 Å². The molecule has 0 N–H and O–H groups in total. The van der Waals surface area contributed by atoms with Crippen molar-refractivity contribution < 1.29 is 13.7 Å². The second-order valence-electron chi connectivity index (χ2n) is 4.69. The van der Waals surface area contributed by atoms with E-state index in [0.29, 0.717) is 12.1 Å². The third-order valence-electron chi connectivity index (χ3n) is 2.92. The van der Waals surface area contributed by atoms with Crippen molar-refractivity contribution in [3.8, 4) is 0 Å². The van der Waals surface area contributed by atoms with Crippen LogP contribution in [0, 0.1) is 22.9 Å². The van der Waals surface area contributed by atoms with E-state index < -0.39 is 16.4 Å². The number of aryl methyl sites for hydroxylation is 1. The van der Waals surface area contributed by atoms with Crippen LogP contribution in [-0.2, 0) is 13.1 Å². The molecule has 1 aromatic carbocycles. The van der Waals surface area contributed by atoms with Crippen LogP contribution in [0.1, 0.15) is 17.1 Å². The number of benzene rings is 1. The minimum atomic E-state index is -0.778. The Labute approximate surface area is 115 Å². The molecule has 2 rings (SSSR count). The lowest BCUT2D eigenvalue weighted by Gasteiger charge is -2.15. The number of halogens is 1. The van der Waals surface area contributed by atoms with Gasteiger partial charge in [-0.15, -0.1) is 0 Å². The summed E-state index contributed by atoms with van der Waals surface area (Å²) >= 11 is 0. The minimum absolute atomic E-state index is 0.271. The van der Waals surface area contributed by atoms with E-state index in [1.54, 1.807) is 13.1 Å². The van der Waals surface area contributed by atoms with Gasteiger partial charge in [-0.25, -0.2) is 0 Å². The van der Waals surface area contributed by atoms with Crippen molar-refractivity contribution >= 4 is 5.69 Å². The van der Waals surface area contributed by atoms with Crippen LogP contribution < -0.4 is 0 Å². The van der Waals surface area contributed by atoms with Gasteiger partial charge in [-0.05, 0) is 26.1 Å². The molecule has 0 aliphatic rings. The number of hydrogen-bond donors (Lipinski definition) is 0. The molecule has 20 heavy (non-hydrogen) atoms. The summed E-state index contributed by atoms with van der Waals surface area (Å²) in [6.45, 7) is 2.63. The molecule has 0 radical (unpaired) electrons. The molecule has 5 nitrogen and oxygen atoms in total. The van der Waals surface area contributed by atoms with Crippen LogP contribution >= 0.6 is 0 Å². The topological polar surface area (TPSA) is 59.5 Å². The Kier molecular flexibility index (Phi) is 4.14. The highest BCUT2D eigenvalue weighted by molar-refractivity contribution is 5.36. The van der Waals surface area contributed by atoms with E-state index in [-0.39, 0.29) is 6.54 Å². The lowest BCUT2D eigenvalue weighted by atomic mass is 10.1. The van der Waals surface area contributed by atoms with Crippen molar-refractivity contribution in [1.29, 1.82) is 0 Å². The van der Waals surface area contributed by atoms with Crippen LogP contribution in [0.15, 0.2) is 34.7 Å². The Morgan fingerprint density at radius 2 is 2.05 bits per heavy atom.